The minimum Gasteiger partial charge on any atom is -0.437 e. The third-order valence-corrected chi connectivity index (χ3v) is 6.73. The molecule has 35 heavy (non-hydrogen) atoms. The summed E-state index contributed by atoms with van der Waals surface area (Å²) in [5.41, 5.74) is 2.12. The molecule has 0 amide bonds. The van der Waals surface area contributed by atoms with Gasteiger partial charge in [-0.15, -0.1) is 0 Å². The Labute approximate surface area is 213 Å². The Hall–Kier alpha value is -3.40. The highest BCUT2D eigenvalue weighted by atomic mass is 35.5. The lowest BCUT2D eigenvalue weighted by atomic mass is 10.1. The van der Waals surface area contributed by atoms with Crippen molar-refractivity contribution in [1.29, 1.82) is 0 Å². The highest BCUT2D eigenvalue weighted by Crippen LogP contribution is 2.31. The lowest BCUT2D eigenvalue weighted by molar-refractivity contribution is 0.462. The molecule has 0 aliphatic carbocycles. The first kappa shape index (κ1) is 23.3. The van der Waals surface area contributed by atoms with E-state index < -0.39 is 0 Å². The van der Waals surface area contributed by atoms with E-state index in [2.05, 4.69) is 35.3 Å². The Morgan fingerprint density at radius 2 is 1.83 bits per heavy atom. The quantitative estimate of drug-likeness (QED) is 0.262. The molecule has 1 atom stereocenters. The Morgan fingerprint density at radius 1 is 0.971 bits per heavy atom. The third-order valence-electron chi connectivity index (χ3n) is 5.38. The van der Waals surface area contributed by atoms with Crippen LogP contribution in [0.1, 0.15) is 12.8 Å². The number of halogens is 1. The number of hydrogen-bond donors (Lipinski definition) is 3. The van der Waals surface area contributed by atoms with Gasteiger partial charge in [0.15, 0.2) is 5.69 Å². The van der Waals surface area contributed by atoms with Crippen LogP contribution in [0.5, 0.6) is 11.6 Å². The van der Waals surface area contributed by atoms with Crippen LogP contribution in [0.4, 0.5) is 11.6 Å². The van der Waals surface area contributed by atoms with Crippen molar-refractivity contribution in [2.75, 3.05) is 23.1 Å². The van der Waals surface area contributed by atoms with Crippen molar-refractivity contribution in [2.24, 2.45) is 0 Å². The molecule has 1 aliphatic heterocycles. The van der Waals surface area contributed by atoms with E-state index in [0.29, 0.717) is 40.0 Å². The Bertz CT molecular complexity index is 1270. The Kier molecular flexibility index (Phi) is 7.57. The second-order valence-corrected chi connectivity index (χ2v) is 9.18. The van der Waals surface area contributed by atoms with Crippen LogP contribution in [0.25, 0.3) is 11.4 Å². The molecule has 1 aliphatic rings. The maximum Gasteiger partial charge on any atom is 0.247 e. The molecular formula is C25H24ClN7OS. The number of aromatic nitrogens is 4. The number of hydrogen-bond acceptors (Lipinski definition) is 9. The van der Waals surface area contributed by atoms with Crippen LogP contribution in [0, 0.1) is 0 Å². The van der Waals surface area contributed by atoms with Gasteiger partial charge in [-0.3, -0.25) is 0 Å². The van der Waals surface area contributed by atoms with E-state index in [1.54, 1.807) is 24.7 Å². The summed E-state index contributed by atoms with van der Waals surface area (Å²) < 4.78 is 9.36. The van der Waals surface area contributed by atoms with Gasteiger partial charge in [-0.1, -0.05) is 23.7 Å². The number of nitrogens with one attached hydrogen (secondary N) is 3. The highest BCUT2D eigenvalue weighted by Gasteiger charge is 2.16. The van der Waals surface area contributed by atoms with Gasteiger partial charge in [0.05, 0.1) is 10.7 Å². The standard InChI is InChI=1S/C25H24ClN7OS/c26-20-5-1-2-6-22(20)35-33-17-7-9-19(10-8-17)34-24-23(28-14-15-29-24)21-11-13-30-25(32-21)31-18-4-3-12-27-16-18/h1-2,5-11,13-15,18,27,33H,3-4,12,16H2,(H,30,31,32). The van der Waals surface area contributed by atoms with Gasteiger partial charge in [-0.2, -0.15) is 0 Å². The molecule has 10 heteroatoms. The van der Waals surface area contributed by atoms with Crippen LogP contribution in [0.15, 0.2) is 78.1 Å². The molecule has 0 spiro atoms. The van der Waals surface area contributed by atoms with Crippen molar-refractivity contribution in [3.63, 3.8) is 0 Å². The van der Waals surface area contributed by atoms with E-state index >= 15 is 0 Å². The summed E-state index contributed by atoms with van der Waals surface area (Å²) in [5, 5.41) is 7.50. The van der Waals surface area contributed by atoms with Crippen molar-refractivity contribution >= 4 is 35.2 Å². The summed E-state index contributed by atoms with van der Waals surface area (Å²) in [6.45, 7) is 1.95. The zero-order chi connectivity index (χ0) is 23.9. The SMILES string of the molecule is Clc1ccccc1SNc1ccc(Oc2nccnc2-c2ccnc(NC3CCCNC3)n2)cc1. The molecule has 2 aromatic carbocycles. The highest BCUT2D eigenvalue weighted by molar-refractivity contribution is 8.00. The second kappa shape index (κ2) is 11.4. The lowest BCUT2D eigenvalue weighted by Gasteiger charge is -2.23. The lowest BCUT2D eigenvalue weighted by Crippen LogP contribution is -2.38. The molecular weight excluding hydrogens is 482 g/mol. The molecule has 0 bridgehead atoms. The molecule has 0 radical (unpaired) electrons. The fraction of sp³-hybridized carbons (Fsp3) is 0.200. The minimum atomic E-state index is 0.305. The van der Waals surface area contributed by atoms with Gasteiger partial charge < -0.3 is 20.1 Å². The predicted molar refractivity (Wildman–Crippen MR) is 140 cm³/mol. The fourth-order valence-electron chi connectivity index (χ4n) is 3.64. The van der Waals surface area contributed by atoms with Gasteiger partial charge in [-0.25, -0.2) is 19.9 Å². The number of rotatable bonds is 8. The average molecular weight is 506 g/mol. The van der Waals surface area contributed by atoms with Crippen LogP contribution < -0.4 is 20.1 Å². The predicted octanol–water partition coefficient (Wildman–Crippen LogP) is 5.66. The molecule has 5 rings (SSSR count). The average Bonchev–Trinajstić information content (AvgIpc) is 2.90. The molecule has 178 valence electrons. The summed E-state index contributed by atoms with van der Waals surface area (Å²) in [4.78, 5) is 18.9. The first-order chi connectivity index (χ1) is 17.2. The molecule has 1 unspecified atom stereocenters. The van der Waals surface area contributed by atoms with Gasteiger partial charge in [0, 0.05) is 41.8 Å². The van der Waals surface area contributed by atoms with Crippen molar-refractivity contribution in [3.8, 4) is 23.0 Å². The fourth-order valence-corrected chi connectivity index (χ4v) is 4.56. The number of piperidine rings is 1. The largest absolute Gasteiger partial charge is 0.437 e. The molecule has 1 saturated heterocycles. The number of anilines is 2. The van der Waals surface area contributed by atoms with Crippen LogP contribution in [0.2, 0.25) is 5.02 Å². The molecule has 0 saturated carbocycles. The number of ether oxygens (including phenoxy) is 1. The maximum atomic E-state index is 6.22. The first-order valence-electron chi connectivity index (χ1n) is 11.3. The molecule has 3 heterocycles. The summed E-state index contributed by atoms with van der Waals surface area (Å²) in [6, 6.07) is 17.4. The normalized spacial score (nSPS) is 15.4. The third kappa shape index (κ3) is 6.19. The molecule has 8 nitrogen and oxygen atoms in total. The maximum absolute atomic E-state index is 6.22. The van der Waals surface area contributed by atoms with Crippen molar-refractivity contribution in [3.05, 3.63) is 78.2 Å². The van der Waals surface area contributed by atoms with E-state index in [4.69, 9.17) is 16.3 Å². The monoisotopic (exact) mass is 505 g/mol. The Balaban J connectivity index is 1.27. The van der Waals surface area contributed by atoms with E-state index in [0.717, 1.165) is 36.5 Å². The second-order valence-electron chi connectivity index (χ2n) is 7.92. The number of nitrogens with zero attached hydrogens (tertiary/aromatic N) is 4. The van der Waals surface area contributed by atoms with Gasteiger partial charge >= 0.3 is 0 Å². The zero-order valence-electron chi connectivity index (χ0n) is 18.8. The molecule has 3 N–H and O–H groups in total. The van der Waals surface area contributed by atoms with Crippen molar-refractivity contribution in [2.45, 2.75) is 23.8 Å². The minimum absolute atomic E-state index is 0.305. The molecule has 4 aromatic rings. The van der Waals surface area contributed by atoms with Crippen LogP contribution in [0.3, 0.4) is 0 Å². The summed E-state index contributed by atoms with van der Waals surface area (Å²) in [7, 11) is 0. The van der Waals surface area contributed by atoms with E-state index in [-0.39, 0.29) is 0 Å². The summed E-state index contributed by atoms with van der Waals surface area (Å²) in [6.07, 6.45) is 7.16. The molecule has 1 fully saturated rings. The smallest absolute Gasteiger partial charge is 0.247 e. The van der Waals surface area contributed by atoms with Crippen molar-refractivity contribution < 1.29 is 4.74 Å². The van der Waals surface area contributed by atoms with Gasteiger partial charge in [-0.05, 0) is 73.8 Å². The summed E-state index contributed by atoms with van der Waals surface area (Å²) >= 11 is 7.67. The van der Waals surface area contributed by atoms with Crippen LogP contribution >= 0.6 is 23.5 Å². The summed E-state index contributed by atoms with van der Waals surface area (Å²) in [5.74, 6) is 1.59. The van der Waals surface area contributed by atoms with Crippen molar-refractivity contribution in [1.82, 2.24) is 25.3 Å². The van der Waals surface area contributed by atoms with Gasteiger partial charge in [0.25, 0.3) is 0 Å². The Morgan fingerprint density at radius 3 is 2.66 bits per heavy atom. The number of benzene rings is 2. The van der Waals surface area contributed by atoms with Gasteiger partial charge in [0.1, 0.15) is 5.75 Å². The molecule has 2 aromatic heterocycles. The van der Waals surface area contributed by atoms with E-state index in [1.165, 1.54) is 11.9 Å². The van der Waals surface area contributed by atoms with Crippen LogP contribution in [-0.2, 0) is 0 Å². The van der Waals surface area contributed by atoms with E-state index in [1.807, 2.05) is 48.5 Å². The topological polar surface area (TPSA) is 96.9 Å². The zero-order valence-corrected chi connectivity index (χ0v) is 20.4. The van der Waals surface area contributed by atoms with Gasteiger partial charge in [0.2, 0.25) is 11.8 Å². The van der Waals surface area contributed by atoms with E-state index in [9.17, 15) is 0 Å². The van der Waals surface area contributed by atoms with Crippen LogP contribution in [-0.4, -0.2) is 39.1 Å². The first-order valence-corrected chi connectivity index (χ1v) is 12.5.